The first-order valence-corrected chi connectivity index (χ1v) is 4.79. The van der Waals surface area contributed by atoms with Gasteiger partial charge in [-0.25, -0.2) is 0 Å². The van der Waals surface area contributed by atoms with Crippen molar-refractivity contribution in [2.24, 2.45) is 4.99 Å². The zero-order valence-corrected chi connectivity index (χ0v) is 9.06. The minimum atomic E-state index is -4.19. The predicted octanol–water partition coefficient (Wildman–Crippen LogP) is 4.27. The van der Waals surface area contributed by atoms with E-state index in [1.54, 1.807) is 0 Å². The van der Waals surface area contributed by atoms with Gasteiger partial charge in [-0.2, -0.15) is 13.2 Å². The summed E-state index contributed by atoms with van der Waals surface area (Å²) in [6.45, 7) is 7.17. The van der Waals surface area contributed by atoms with Gasteiger partial charge in [0.1, 0.15) is 0 Å². The van der Waals surface area contributed by atoms with Crippen LogP contribution >= 0.6 is 0 Å². The molecule has 0 aromatic heterocycles. The normalized spacial score (nSPS) is 13.5. The van der Waals surface area contributed by atoms with Crippen molar-refractivity contribution < 1.29 is 13.2 Å². The molecule has 0 saturated heterocycles. The molecule has 0 aliphatic carbocycles. The molecule has 0 aromatic rings. The highest BCUT2D eigenvalue weighted by molar-refractivity contribution is 5.82. The van der Waals surface area contributed by atoms with Gasteiger partial charge in [0.15, 0.2) is 0 Å². The van der Waals surface area contributed by atoms with Crippen molar-refractivity contribution in [2.45, 2.75) is 39.3 Å². The van der Waals surface area contributed by atoms with Gasteiger partial charge in [-0.3, -0.25) is 4.99 Å². The summed E-state index contributed by atoms with van der Waals surface area (Å²) < 4.78 is 35.6. The van der Waals surface area contributed by atoms with E-state index in [4.69, 9.17) is 0 Å². The van der Waals surface area contributed by atoms with Gasteiger partial charge in [-0.05, 0) is 25.0 Å². The van der Waals surface area contributed by atoms with E-state index in [1.165, 1.54) is 12.3 Å². The van der Waals surface area contributed by atoms with Crippen LogP contribution in [0.1, 0.15) is 33.1 Å². The Labute approximate surface area is 88.4 Å². The van der Waals surface area contributed by atoms with Crippen LogP contribution in [0.4, 0.5) is 13.2 Å². The third-order valence-electron chi connectivity index (χ3n) is 1.64. The fourth-order valence-electron chi connectivity index (χ4n) is 1.01. The number of aliphatic imine (C=N–C) groups is 1. The van der Waals surface area contributed by atoms with Gasteiger partial charge in [0.2, 0.25) is 0 Å². The Morgan fingerprint density at radius 3 is 2.47 bits per heavy atom. The average molecular weight is 219 g/mol. The molecule has 86 valence electrons. The van der Waals surface area contributed by atoms with Gasteiger partial charge in [0.05, 0.1) is 6.42 Å². The lowest BCUT2D eigenvalue weighted by Gasteiger charge is -2.04. The summed E-state index contributed by atoms with van der Waals surface area (Å²) in [6.07, 6.45) is -0.663. The fraction of sp³-hybridized carbons (Fsp3) is 0.545. The molecule has 4 heteroatoms. The largest absolute Gasteiger partial charge is 0.393 e. The van der Waals surface area contributed by atoms with Crippen LogP contribution in [0.15, 0.2) is 29.4 Å². The number of hydrogen-bond acceptors (Lipinski definition) is 1. The monoisotopic (exact) mass is 219 g/mol. The summed E-state index contributed by atoms with van der Waals surface area (Å²) in [5, 5.41) is 0. The van der Waals surface area contributed by atoms with Crippen LogP contribution in [0.2, 0.25) is 0 Å². The van der Waals surface area contributed by atoms with Gasteiger partial charge in [-0.1, -0.05) is 19.9 Å². The molecule has 0 aliphatic rings. The van der Waals surface area contributed by atoms with E-state index in [1.807, 2.05) is 13.8 Å². The maximum Gasteiger partial charge on any atom is 0.393 e. The van der Waals surface area contributed by atoms with E-state index in [0.29, 0.717) is 0 Å². The summed E-state index contributed by atoms with van der Waals surface area (Å²) in [7, 11) is 0. The molecule has 0 aromatic carbocycles. The zero-order valence-electron chi connectivity index (χ0n) is 9.06. The van der Waals surface area contributed by atoms with Gasteiger partial charge >= 0.3 is 6.18 Å². The molecular weight excluding hydrogens is 203 g/mol. The van der Waals surface area contributed by atoms with Crippen molar-refractivity contribution in [3.63, 3.8) is 0 Å². The summed E-state index contributed by atoms with van der Waals surface area (Å²) >= 11 is 0. The molecule has 0 saturated carbocycles. The first kappa shape index (κ1) is 13.9. The molecule has 0 atom stereocenters. The molecule has 1 nitrogen and oxygen atoms in total. The molecule has 0 radical (unpaired) electrons. The summed E-state index contributed by atoms with van der Waals surface area (Å²) in [6, 6.07) is 0. The van der Waals surface area contributed by atoms with E-state index in [0.717, 1.165) is 18.6 Å². The molecule has 0 amide bonds. The van der Waals surface area contributed by atoms with Crippen LogP contribution in [-0.4, -0.2) is 11.9 Å². The number of nitrogens with zero attached hydrogens (tertiary/aromatic N) is 1. The van der Waals surface area contributed by atoms with E-state index in [2.05, 4.69) is 11.6 Å². The summed E-state index contributed by atoms with van der Waals surface area (Å²) in [5.74, 6) is 0. The highest BCUT2D eigenvalue weighted by Gasteiger charge is 2.27. The Bertz CT molecular complexity index is 261. The Hall–Kier alpha value is -1.06. The molecule has 0 bridgehead atoms. The second kappa shape index (κ2) is 6.43. The Kier molecular flexibility index (Phi) is 5.97. The van der Waals surface area contributed by atoms with Gasteiger partial charge < -0.3 is 0 Å². The van der Waals surface area contributed by atoms with Crippen molar-refractivity contribution in [1.82, 2.24) is 0 Å². The molecule has 0 N–H and O–H groups in total. The smallest absolute Gasteiger partial charge is 0.266 e. The van der Waals surface area contributed by atoms with E-state index < -0.39 is 12.6 Å². The quantitative estimate of drug-likeness (QED) is 0.483. The number of allylic oxidation sites excluding steroid dienone is 2. The van der Waals surface area contributed by atoms with E-state index in [-0.39, 0.29) is 5.57 Å². The lowest BCUT2D eigenvalue weighted by molar-refractivity contribution is -0.126. The maximum atomic E-state index is 11.9. The number of halogens is 3. The SMILES string of the molecule is C=C(/C=C\N=C(C)CCC)CC(F)(F)F. The average Bonchev–Trinajstić information content (AvgIpc) is 2.00. The lowest BCUT2D eigenvalue weighted by Crippen LogP contribution is -2.06. The number of hydrogen-bond donors (Lipinski definition) is 0. The standard InChI is InChI=1S/C11H16F3N/c1-4-5-10(3)15-7-6-9(2)8-11(12,13)14/h6-7H,2,4-5,8H2,1,3H3/b7-6-,15-10?. The topological polar surface area (TPSA) is 12.4 Å². The molecule has 15 heavy (non-hydrogen) atoms. The van der Waals surface area contributed by atoms with Crippen molar-refractivity contribution in [1.29, 1.82) is 0 Å². The minimum Gasteiger partial charge on any atom is -0.266 e. The van der Waals surface area contributed by atoms with Gasteiger partial charge in [-0.15, -0.1) is 0 Å². The predicted molar refractivity (Wildman–Crippen MR) is 57.0 cm³/mol. The Morgan fingerprint density at radius 1 is 1.40 bits per heavy atom. The van der Waals surface area contributed by atoms with Gasteiger partial charge in [0.25, 0.3) is 0 Å². The second-order valence-electron chi connectivity index (χ2n) is 3.38. The molecule has 0 aliphatic heterocycles. The maximum absolute atomic E-state index is 11.9. The second-order valence-corrected chi connectivity index (χ2v) is 3.38. The van der Waals surface area contributed by atoms with Crippen LogP contribution in [0, 0.1) is 0 Å². The lowest BCUT2D eigenvalue weighted by atomic mass is 10.2. The molecule has 0 spiro atoms. The molecular formula is C11H16F3N. The van der Waals surface area contributed by atoms with Crippen molar-refractivity contribution in [3.8, 4) is 0 Å². The molecule has 0 unspecified atom stereocenters. The van der Waals surface area contributed by atoms with Crippen molar-refractivity contribution in [3.05, 3.63) is 24.4 Å². The molecule has 0 rings (SSSR count). The Morgan fingerprint density at radius 2 is 2.00 bits per heavy atom. The molecule has 0 fully saturated rings. The van der Waals surface area contributed by atoms with Crippen LogP contribution in [0.5, 0.6) is 0 Å². The third kappa shape index (κ3) is 9.25. The van der Waals surface area contributed by atoms with Crippen LogP contribution in [0.25, 0.3) is 0 Å². The summed E-state index contributed by atoms with van der Waals surface area (Å²) in [5.41, 5.74) is 0.934. The van der Waals surface area contributed by atoms with Gasteiger partial charge in [0, 0.05) is 11.9 Å². The van der Waals surface area contributed by atoms with Crippen molar-refractivity contribution in [2.75, 3.05) is 0 Å². The van der Waals surface area contributed by atoms with Crippen LogP contribution in [0.3, 0.4) is 0 Å². The van der Waals surface area contributed by atoms with E-state index >= 15 is 0 Å². The van der Waals surface area contributed by atoms with Crippen LogP contribution < -0.4 is 0 Å². The molecule has 0 heterocycles. The van der Waals surface area contributed by atoms with Crippen LogP contribution in [-0.2, 0) is 0 Å². The number of alkyl halides is 3. The fourth-order valence-corrected chi connectivity index (χ4v) is 1.01. The number of rotatable bonds is 5. The van der Waals surface area contributed by atoms with Crippen molar-refractivity contribution >= 4 is 5.71 Å². The third-order valence-corrected chi connectivity index (χ3v) is 1.64. The first-order valence-electron chi connectivity index (χ1n) is 4.79. The first-order chi connectivity index (χ1) is 6.85. The summed E-state index contributed by atoms with van der Waals surface area (Å²) in [4.78, 5) is 3.99. The zero-order chi connectivity index (χ0) is 11.9. The minimum absolute atomic E-state index is 0.0237. The highest BCUT2D eigenvalue weighted by atomic mass is 19.4. The van der Waals surface area contributed by atoms with E-state index in [9.17, 15) is 13.2 Å². The highest BCUT2D eigenvalue weighted by Crippen LogP contribution is 2.23. The Balaban J connectivity index is 4.07.